The number of Topliss-reactive ketones (excluding diaryl/α,β-unsaturated/α-hetero) is 1. The third kappa shape index (κ3) is 8.14. The molecule has 0 spiro atoms. The summed E-state index contributed by atoms with van der Waals surface area (Å²) in [6.07, 6.45) is -0.590. The summed E-state index contributed by atoms with van der Waals surface area (Å²) in [5, 5.41) is 19.7. The van der Waals surface area contributed by atoms with Crippen LogP contribution in [-0.4, -0.2) is 17.7 Å². The van der Waals surface area contributed by atoms with Gasteiger partial charge in [0.1, 0.15) is 5.97 Å². The Balaban J connectivity index is -0.000000500. The van der Waals surface area contributed by atoms with Crippen LogP contribution in [0.2, 0.25) is 0 Å². The van der Waals surface area contributed by atoms with Crippen molar-refractivity contribution in [3.8, 4) is 0 Å². The summed E-state index contributed by atoms with van der Waals surface area (Å²) in [6.45, 7) is 1.19. The second-order valence-electron chi connectivity index (χ2n) is 2.13. The van der Waals surface area contributed by atoms with Gasteiger partial charge in [-0.15, -0.1) is 0 Å². The van der Waals surface area contributed by atoms with Gasteiger partial charge in [-0.1, -0.05) is 6.92 Å². The number of carboxylic acids is 2. The molecule has 0 aromatic carbocycles. The van der Waals surface area contributed by atoms with Crippen LogP contribution in [0.1, 0.15) is 13.3 Å². The molecule has 0 bridgehead atoms. The third-order valence-electron chi connectivity index (χ3n) is 1.12. The minimum atomic E-state index is -1.86. The molecule has 13 heavy (non-hydrogen) atoms. The van der Waals surface area contributed by atoms with E-state index in [2.05, 4.69) is 0 Å². The van der Waals surface area contributed by atoms with Gasteiger partial charge < -0.3 is 19.8 Å². The fourth-order valence-corrected chi connectivity index (χ4v) is 0.544. The maximum atomic E-state index is 10.4. The monoisotopic (exact) mass is 172 g/mol. The number of aliphatic carboxylic acids is 2. The summed E-state index contributed by atoms with van der Waals surface area (Å²) in [7, 11) is 0. The van der Waals surface area contributed by atoms with Crippen LogP contribution in [0, 0.1) is 5.92 Å². The van der Waals surface area contributed by atoms with Crippen LogP contribution in [0.15, 0.2) is 0 Å². The van der Waals surface area contributed by atoms with E-state index in [-0.39, 0.29) is 37.7 Å². The first-order valence-electron chi connectivity index (χ1n) is 2.90. The summed E-state index contributed by atoms with van der Waals surface area (Å²) in [5.74, 6) is -5.61. The van der Waals surface area contributed by atoms with E-state index in [4.69, 9.17) is 0 Å². The van der Waals surface area contributed by atoms with Crippen molar-refractivity contribution in [1.82, 2.24) is 0 Å². The van der Waals surface area contributed by atoms with Gasteiger partial charge in [0, 0.05) is 11.9 Å². The Bertz CT molecular complexity index is 203. The maximum Gasteiger partial charge on any atom is 1.00 e. The van der Waals surface area contributed by atoms with Crippen molar-refractivity contribution in [3.05, 3.63) is 0 Å². The molecule has 0 fully saturated rings. The van der Waals surface area contributed by atoms with E-state index in [1.165, 1.54) is 6.92 Å². The van der Waals surface area contributed by atoms with Crippen molar-refractivity contribution < 1.29 is 62.3 Å². The van der Waals surface area contributed by atoms with Gasteiger partial charge in [-0.3, -0.25) is 4.79 Å². The molecule has 0 saturated heterocycles. The average molecular weight is 172 g/mol. The van der Waals surface area contributed by atoms with Crippen molar-refractivity contribution in [2.45, 2.75) is 13.3 Å². The zero-order chi connectivity index (χ0) is 9.02. The first-order valence-corrected chi connectivity index (χ1v) is 2.90. The van der Waals surface area contributed by atoms with Gasteiger partial charge in [-0.2, -0.15) is 0 Å². The number of rotatable bonds is 4. The third-order valence-corrected chi connectivity index (χ3v) is 1.12. The van der Waals surface area contributed by atoms with E-state index < -0.39 is 30.1 Å². The van der Waals surface area contributed by atoms with Crippen LogP contribution >= 0.6 is 0 Å². The Morgan fingerprint density at radius 2 is 1.54 bits per heavy atom. The minimum absolute atomic E-state index is 0. The van der Waals surface area contributed by atoms with Crippen molar-refractivity contribution >= 4 is 17.7 Å². The first kappa shape index (κ1) is 18.6. The molecule has 0 aliphatic carbocycles. The van der Waals surface area contributed by atoms with E-state index in [1.807, 2.05) is 0 Å². The number of ketones is 1. The SMILES string of the molecule is CC(CC(=O)[O-])C(=O)C(=O)[O-].[Li+].[Li+]. The molecule has 62 valence electrons. The maximum absolute atomic E-state index is 10.4. The average Bonchev–Trinajstić information content (AvgIpc) is 1.84. The van der Waals surface area contributed by atoms with Gasteiger partial charge in [-0.25, -0.2) is 0 Å². The molecular formula is C6H6Li2O5. The molecule has 5 nitrogen and oxygen atoms in total. The second-order valence-corrected chi connectivity index (χ2v) is 2.13. The van der Waals surface area contributed by atoms with Crippen LogP contribution < -0.4 is 47.9 Å². The Morgan fingerprint density at radius 1 is 1.15 bits per heavy atom. The van der Waals surface area contributed by atoms with Gasteiger partial charge in [0.05, 0.1) is 0 Å². The minimum Gasteiger partial charge on any atom is -0.550 e. The zero-order valence-electron chi connectivity index (χ0n) is 7.83. The van der Waals surface area contributed by atoms with Gasteiger partial charge in [0.2, 0.25) is 0 Å². The summed E-state index contributed by atoms with van der Waals surface area (Å²) in [4.78, 5) is 30.1. The molecule has 0 aliphatic heterocycles. The van der Waals surface area contributed by atoms with E-state index in [9.17, 15) is 24.6 Å². The van der Waals surface area contributed by atoms with E-state index in [0.29, 0.717) is 0 Å². The van der Waals surface area contributed by atoms with Crippen molar-refractivity contribution in [2.75, 3.05) is 0 Å². The van der Waals surface area contributed by atoms with Crippen LogP contribution in [0.3, 0.4) is 0 Å². The predicted octanol–water partition coefficient (Wildman–Crippen LogP) is -8.91. The van der Waals surface area contributed by atoms with Crippen molar-refractivity contribution in [2.24, 2.45) is 5.92 Å². The number of hydrogen-bond donors (Lipinski definition) is 0. The van der Waals surface area contributed by atoms with E-state index in [0.717, 1.165) is 0 Å². The molecule has 0 saturated carbocycles. The molecule has 0 N–H and O–H groups in total. The fraction of sp³-hybridized carbons (Fsp3) is 0.500. The fourth-order valence-electron chi connectivity index (χ4n) is 0.544. The summed E-state index contributed by atoms with van der Waals surface area (Å²) < 4.78 is 0. The Kier molecular flexibility index (Phi) is 12.0. The molecule has 0 rings (SSSR count). The number of carbonyl (C=O) groups is 3. The molecule has 0 aromatic heterocycles. The van der Waals surface area contributed by atoms with E-state index >= 15 is 0 Å². The second kappa shape index (κ2) is 8.41. The number of carboxylic acid groups (broad SMARTS) is 2. The van der Waals surface area contributed by atoms with Gasteiger partial charge in [0.25, 0.3) is 0 Å². The molecule has 0 aromatic rings. The Morgan fingerprint density at radius 3 is 1.77 bits per heavy atom. The van der Waals surface area contributed by atoms with Crippen molar-refractivity contribution in [1.29, 1.82) is 0 Å². The van der Waals surface area contributed by atoms with Crippen LogP contribution in [0.25, 0.3) is 0 Å². The molecule has 0 heterocycles. The summed E-state index contributed by atoms with van der Waals surface area (Å²) in [5.41, 5.74) is 0. The van der Waals surface area contributed by atoms with Crippen LogP contribution in [-0.2, 0) is 14.4 Å². The Hall–Kier alpha value is -0.195. The molecule has 0 radical (unpaired) electrons. The van der Waals surface area contributed by atoms with E-state index in [1.54, 1.807) is 0 Å². The molecular weight excluding hydrogens is 166 g/mol. The molecule has 1 atom stereocenters. The summed E-state index contributed by atoms with van der Waals surface area (Å²) in [6, 6.07) is 0. The Labute approximate surface area is 99.2 Å². The number of hydrogen-bond acceptors (Lipinski definition) is 5. The quantitative estimate of drug-likeness (QED) is 0.309. The van der Waals surface area contributed by atoms with Crippen LogP contribution in [0.5, 0.6) is 0 Å². The first-order chi connectivity index (χ1) is 4.95. The standard InChI is InChI=1S/C6H8O5.2Li/c1-3(2-4(7)8)5(9)6(10)11;;/h3H,2H2,1H3,(H,7,8)(H,10,11);;/q;2*+1/p-2. The summed E-state index contributed by atoms with van der Waals surface area (Å²) >= 11 is 0. The number of carbonyl (C=O) groups excluding carboxylic acids is 3. The largest absolute Gasteiger partial charge is 1.00 e. The molecule has 0 amide bonds. The molecule has 0 aliphatic rings. The van der Waals surface area contributed by atoms with Gasteiger partial charge in [0.15, 0.2) is 5.78 Å². The predicted molar refractivity (Wildman–Crippen MR) is 28.8 cm³/mol. The topological polar surface area (TPSA) is 97.3 Å². The normalized spacial score (nSPS) is 10.2. The smallest absolute Gasteiger partial charge is 0.550 e. The van der Waals surface area contributed by atoms with Gasteiger partial charge in [-0.05, 0) is 6.42 Å². The zero-order valence-corrected chi connectivity index (χ0v) is 7.83. The molecule has 1 unspecified atom stereocenters. The van der Waals surface area contributed by atoms with Crippen LogP contribution in [0.4, 0.5) is 0 Å². The molecule has 7 heteroatoms. The van der Waals surface area contributed by atoms with Crippen molar-refractivity contribution in [3.63, 3.8) is 0 Å². The van der Waals surface area contributed by atoms with Gasteiger partial charge >= 0.3 is 37.7 Å².